The second-order valence-electron chi connectivity index (χ2n) is 4.18. The Labute approximate surface area is 109 Å². The summed E-state index contributed by atoms with van der Waals surface area (Å²) in [5.74, 6) is 0.871. The maximum absolute atomic E-state index is 3.98. The lowest BCUT2D eigenvalue weighted by Crippen LogP contribution is -1.96. The first-order chi connectivity index (χ1) is 8.15. The zero-order valence-corrected chi connectivity index (χ0v) is 11.6. The quantitative estimate of drug-likeness (QED) is 0.547. The monoisotopic (exact) mass is 247 g/mol. The summed E-state index contributed by atoms with van der Waals surface area (Å²) in [5, 5.41) is 0. The Morgan fingerprint density at radius 3 is 2.65 bits per heavy atom. The molecule has 1 aromatic rings. The van der Waals surface area contributed by atoms with Gasteiger partial charge in [-0.2, -0.15) is 0 Å². The molecule has 0 aliphatic carbocycles. The van der Waals surface area contributed by atoms with Gasteiger partial charge in [-0.05, 0) is 42.5 Å². The first kappa shape index (κ1) is 13.9. The van der Waals surface area contributed by atoms with Crippen molar-refractivity contribution in [3.8, 4) is 0 Å². The summed E-state index contributed by atoms with van der Waals surface area (Å²) < 4.78 is 3.40. The minimum absolute atomic E-state index is 0.871. The van der Waals surface area contributed by atoms with E-state index in [1.165, 1.54) is 17.7 Å². The summed E-state index contributed by atoms with van der Waals surface area (Å²) in [6.07, 6.45) is 2.28. The smallest absolute Gasteiger partial charge is 0.0472 e. The Balaban J connectivity index is 2.51. The van der Waals surface area contributed by atoms with Crippen molar-refractivity contribution in [3.05, 3.63) is 54.1 Å². The van der Waals surface area contributed by atoms with E-state index in [1.807, 2.05) is 6.92 Å². The van der Waals surface area contributed by atoms with E-state index >= 15 is 0 Å². The van der Waals surface area contributed by atoms with E-state index in [0.29, 0.717) is 0 Å². The Morgan fingerprint density at radius 2 is 2.00 bits per heavy atom. The van der Waals surface area contributed by atoms with Crippen LogP contribution in [-0.2, 0) is 6.42 Å². The molecule has 0 aliphatic rings. The third kappa shape index (κ3) is 4.70. The van der Waals surface area contributed by atoms with Crippen LogP contribution in [0.2, 0.25) is 0 Å². The molecule has 0 bridgehead atoms. The van der Waals surface area contributed by atoms with Crippen LogP contribution < -0.4 is 4.72 Å². The molecule has 1 nitrogen and oxygen atoms in total. The molecule has 2 heteroatoms. The van der Waals surface area contributed by atoms with Crippen LogP contribution in [0.3, 0.4) is 0 Å². The van der Waals surface area contributed by atoms with E-state index in [-0.39, 0.29) is 0 Å². The molecule has 0 heterocycles. The highest BCUT2D eigenvalue weighted by atomic mass is 32.2. The second-order valence-corrected chi connectivity index (χ2v) is 4.96. The highest BCUT2D eigenvalue weighted by molar-refractivity contribution is 8.00. The van der Waals surface area contributed by atoms with Crippen LogP contribution in [0.4, 0.5) is 5.69 Å². The predicted molar refractivity (Wildman–Crippen MR) is 80.5 cm³/mol. The molecule has 1 rings (SSSR count). The lowest BCUT2D eigenvalue weighted by molar-refractivity contribution is 0.924. The number of benzene rings is 1. The van der Waals surface area contributed by atoms with Gasteiger partial charge >= 0.3 is 0 Å². The van der Waals surface area contributed by atoms with Crippen molar-refractivity contribution >= 4 is 17.6 Å². The molecule has 1 N–H and O–H groups in total. The summed E-state index contributed by atoms with van der Waals surface area (Å²) in [5.41, 5.74) is 4.74. The van der Waals surface area contributed by atoms with Gasteiger partial charge in [-0.3, -0.25) is 0 Å². The molecule has 0 aliphatic heterocycles. The summed E-state index contributed by atoms with van der Waals surface area (Å²) in [6, 6.07) is 8.46. The number of allylic oxidation sites excluding steroid dienone is 1. The van der Waals surface area contributed by atoms with Crippen molar-refractivity contribution in [1.29, 1.82) is 0 Å². The van der Waals surface area contributed by atoms with Crippen LogP contribution in [0.1, 0.15) is 25.8 Å². The predicted octanol–water partition coefficient (Wildman–Crippen LogP) is 4.83. The molecule has 1 aromatic carbocycles. The molecule has 0 unspecified atom stereocenters. The average molecular weight is 247 g/mol. The first-order valence-corrected chi connectivity index (χ1v) is 6.93. The van der Waals surface area contributed by atoms with E-state index in [9.17, 15) is 0 Å². The normalized spacial score (nSPS) is 10.0. The number of hydrogen-bond donors (Lipinski definition) is 1. The zero-order valence-electron chi connectivity index (χ0n) is 10.8. The lowest BCUT2D eigenvalue weighted by Gasteiger charge is -2.11. The zero-order chi connectivity index (χ0) is 12.7. The Morgan fingerprint density at radius 1 is 1.29 bits per heavy atom. The van der Waals surface area contributed by atoms with Crippen LogP contribution in [0, 0.1) is 0 Å². The average Bonchev–Trinajstić information content (AvgIpc) is 2.31. The standard InChI is InChI=1S/C15H21NS/c1-5-8-14-9-6-7-10-15(14)16-17-11-13(4)12(2)3/h6-7,9-10,16H,2,4-5,8,11H2,1,3H3. The van der Waals surface area contributed by atoms with Gasteiger partial charge in [-0.25, -0.2) is 0 Å². The number of rotatable bonds is 7. The maximum Gasteiger partial charge on any atom is 0.0472 e. The number of nitrogens with one attached hydrogen (secondary N) is 1. The maximum atomic E-state index is 3.98. The third-order valence-corrected chi connectivity index (χ3v) is 3.43. The van der Waals surface area contributed by atoms with Gasteiger partial charge in [0, 0.05) is 11.4 Å². The Hall–Kier alpha value is -1.15. The van der Waals surface area contributed by atoms with Crippen molar-refractivity contribution < 1.29 is 0 Å². The molecule has 0 radical (unpaired) electrons. The van der Waals surface area contributed by atoms with Crippen molar-refractivity contribution in [2.45, 2.75) is 26.7 Å². The molecule has 17 heavy (non-hydrogen) atoms. The minimum atomic E-state index is 0.871. The molecule has 0 aromatic heterocycles. The number of aryl methyl sites for hydroxylation is 1. The number of anilines is 1. The largest absolute Gasteiger partial charge is 0.329 e. The van der Waals surface area contributed by atoms with Crippen LogP contribution in [0.15, 0.2) is 48.6 Å². The fourth-order valence-corrected chi connectivity index (χ4v) is 2.28. The van der Waals surface area contributed by atoms with Gasteiger partial charge in [0.05, 0.1) is 0 Å². The topological polar surface area (TPSA) is 12.0 Å². The van der Waals surface area contributed by atoms with Gasteiger partial charge in [-0.1, -0.05) is 50.3 Å². The van der Waals surface area contributed by atoms with E-state index in [4.69, 9.17) is 0 Å². The van der Waals surface area contributed by atoms with Crippen molar-refractivity contribution in [3.63, 3.8) is 0 Å². The second kappa shape index (κ2) is 7.23. The van der Waals surface area contributed by atoms with Gasteiger partial charge in [0.2, 0.25) is 0 Å². The molecular formula is C15H21NS. The Kier molecular flexibility index (Phi) is 5.92. The van der Waals surface area contributed by atoms with E-state index in [0.717, 1.165) is 23.3 Å². The Bertz CT molecular complexity index is 396. The van der Waals surface area contributed by atoms with Gasteiger partial charge in [-0.15, -0.1) is 0 Å². The minimum Gasteiger partial charge on any atom is -0.329 e. The fraction of sp³-hybridized carbons (Fsp3) is 0.333. The fourth-order valence-electron chi connectivity index (χ4n) is 1.43. The van der Waals surface area contributed by atoms with Crippen molar-refractivity contribution in [1.82, 2.24) is 0 Å². The molecule has 92 valence electrons. The van der Waals surface area contributed by atoms with Gasteiger partial charge < -0.3 is 4.72 Å². The van der Waals surface area contributed by atoms with Crippen molar-refractivity contribution in [2.75, 3.05) is 10.5 Å². The van der Waals surface area contributed by atoms with Crippen molar-refractivity contribution in [2.24, 2.45) is 0 Å². The highest BCUT2D eigenvalue weighted by Crippen LogP contribution is 2.21. The third-order valence-electron chi connectivity index (χ3n) is 2.57. The first-order valence-electron chi connectivity index (χ1n) is 5.94. The van der Waals surface area contributed by atoms with Gasteiger partial charge in [0.15, 0.2) is 0 Å². The van der Waals surface area contributed by atoms with Crippen LogP contribution in [0.25, 0.3) is 0 Å². The molecule has 0 amide bonds. The lowest BCUT2D eigenvalue weighted by atomic mass is 10.1. The highest BCUT2D eigenvalue weighted by Gasteiger charge is 2.01. The molecule has 0 saturated heterocycles. The molecule has 0 atom stereocenters. The molecule has 0 fully saturated rings. The number of para-hydroxylation sites is 1. The summed E-state index contributed by atoms with van der Waals surface area (Å²) >= 11 is 1.67. The van der Waals surface area contributed by atoms with E-state index < -0.39 is 0 Å². The number of hydrogen-bond acceptors (Lipinski definition) is 2. The summed E-state index contributed by atoms with van der Waals surface area (Å²) in [4.78, 5) is 0. The molecule has 0 spiro atoms. The molecule has 0 saturated carbocycles. The van der Waals surface area contributed by atoms with Crippen LogP contribution in [-0.4, -0.2) is 5.75 Å². The van der Waals surface area contributed by atoms with Crippen LogP contribution in [0.5, 0.6) is 0 Å². The van der Waals surface area contributed by atoms with Gasteiger partial charge in [0.1, 0.15) is 0 Å². The summed E-state index contributed by atoms with van der Waals surface area (Å²) in [7, 11) is 0. The van der Waals surface area contributed by atoms with E-state index in [2.05, 4.69) is 49.1 Å². The van der Waals surface area contributed by atoms with Gasteiger partial charge in [0.25, 0.3) is 0 Å². The SMILES string of the molecule is C=C(C)C(=C)CSNc1ccccc1CCC. The molecular weight excluding hydrogens is 226 g/mol. The van der Waals surface area contributed by atoms with E-state index in [1.54, 1.807) is 11.9 Å². The van der Waals surface area contributed by atoms with Crippen LogP contribution >= 0.6 is 11.9 Å². The summed E-state index contributed by atoms with van der Waals surface area (Å²) in [6.45, 7) is 12.1.